The van der Waals surface area contributed by atoms with Crippen LogP contribution in [-0.4, -0.2) is 13.1 Å². The molecule has 0 atom stereocenters. The molecular formula is C8H11NS. The molecule has 2 heteroatoms. The van der Waals surface area contributed by atoms with E-state index in [2.05, 4.69) is 21.7 Å². The average Bonchev–Trinajstić information content (AvgIpc) is 2.59. The summed E-state index contributed by atoms with van der Waals surface area (Å²) in [6, 6.07) is 2.20. The summed E-state index contributed by atoms with van der Waals surface area (Å²) in [5.74, 6) is 0. The van der Waals surface area contributed by atoms with E-state index in [1.54, 1.807) is 11.3 Å². The van der Waals surface area contributed by atoms with Gasteiger partial charge in [0.25, 0.3) is 0 Å². The molecule has 0 unspecified atom stereocenters. The highest BCUT2D eigenvalue weighted by Crippen LogP contribution is 2.21. The molecule has 0 saturated carbocycles. The molecule has 1 aromatic heterocycles. The minimum atomic E-state index is 1.26. The Kier molecular flexibility index (Phi) is 1.63. The van der Waals surface area contributed by atoms with Crippen LogP contribution in [0.5, 0.6) is 0 Å². The fourth-order valence-electron chi connectivity index (χ4n) is 1.41. The highest BCUT2D eigenvalue weighted by molar-refractivity contribution is 7.08. The third kappa shape index (κ3) is 1.03. The molecule has 2 heterocycles. The Morgan fingerprint density at radius 2 is 2.10 bits per heavy atom. The second-order valence-electron chi connectivity index (χ2n) is 2.68. The van der Waals surface area contributed by atoms with Crippen molar-refractivity contribution in [2.75, 3.05) is 18.0 Å². The molecular weight excluding hydrogens is 142 g/mol. The molecule has 1 aliphatic rings. The van der Waals surface area contributed by atoms with Gasteiger partial charge in [-0.3, -0.25) is 0 Å². The van der Waals surface area contributed by atoms with E-state index in [1.807, 2.05) is 0 Å². The average molecular weight is 153 g/mol. The van der Waals surface area contributed by atoms with E-state index in [0.717, 1.165) is 0 Å². The van der Waals surface area contributed by atoms with Gasteiger partial charge in [-0.05, 0) is 24.3 Å². The third-order valence-electron chi connectivity index (χ3n) is 1.98. The lowest BCUT2D eigenvalue weighted by Crippen LogP contribution is -2.16. The Labute approximate surface area is 65.3 Å². The van der Waals surface area contributed by atoms with Crippen molar-refractivity contribution in [2.45, 2.75) is 12.8 Å². The summed E-state index contributed by atoms with van der Waals surface area (Å²) in [6.07, 6.45) is 2.74. The smallest absolute Gasteiger partial charge is 0.0474 e. The van der Waals surface area contributed by atoms with E-state index in [-0.39, 0.29) is 0 Å². The predicted octanol–water partition coefficient (Wildman–Crippen LogP) is 2.35. The van der Waals surface area contributed by atoms with Crippen LogP contribution < -0.4 is 4.90 Å². The van der Waals surface area contributed by atoms with Gasteiger partial charge in [-0.2, -0.15) is 11.3 Å². The Hall–Kier alpha value is -0.500. The Bertz CT molecular complexity index is 187. The van der Waals surface area contributed by atoms with E-state index < -0.39 is 0 Å². The number of hydrogen-bond donors (Lipinski definition) is 0. The first-order chi connectivity index (χ1) is 4.97. The van der Waals surface area contributed by atoms with Crippen molar-refractivity contribution < 1.29 is 0 Å². The van der Waals surface area contributed by atoms with Gasteiger partial charge in [-0.1, -0.05) is 0 Å². The summed E-state index contributed by atoms with van der Waals surface area (Å²) in [7, 11) is 0. The van der Waals surface area contributed by atoms with Crippen molar-refractivity contribution in [1.82, 2.24) is 0 Å². The molecule has 0 radical (unpaired) electrons. The molecule has 0 aromatic carbocycles. The molecule has 1 aromatic rings. The molecule has 1 saturated heterocycles. The Balaban J connectivity index is 2.12. The molecule has 10 heavy (non-hydrogen) atoms. The van der Waals surface area contributed by atoms with Crippen molar-refractivity contribution >= 4 is 17.0 Å². The fourth-order valence-corrected chi connectivity index (χ4v) is 2.08. The Morgan fingerprint density at radius 3 is 2.70 bits per heavy atom. The number of hydrogen-bond acceptors (Lipinski definition) is 2. The highest BCUT2D eigenvalue weighted by atomic mass is 32.1. The SMILES string of the molecule is c1cc(N2CCCC2)cs1. The van der Waals surface area contributed by atoms with Crippen LogP contribution >= 0.6 is 11.3 Å². The number of nitrogens with zero attached hydrogens (tertiary/aromatic N) is 1. The van der Waals surface area contributed by atoms with Crippen LogP contribution in [0.2, 0.25) is 0 Å². The van der Waals surface area contributed by atoms with Crippen LogP contribution in [0, 0.1) is 0 Å². The standard InChI is InChI=1S/C8H11NS/c1-2-5-9(4-1)8-3-6-10-7-8/h3,6-7H,1-2,4-5H2. The molecule has 0 bridgehead atoms. The summed E-state index contributed by atoms with van der Waals surface area (Å²) in [5, 5.41) is 4.37. The molecule has 0 N–H and O–H groups in total. The second-order valence-corrected chi connectivity index (χ2v) is 3.46. The van der Waals surface area contributed by atoms with E-state index >= 15 is 0 Å². The van der Waals surface area contributed by atoms with Crippen LogP contribution in [0.4, 0.5) is 5.69 Å². The summed E-state index contributed by atoms with van der Waals surface area (Å²) in [5.41, 5.74) is 1.42. The third-order valence-corrected chi connectivity index (χ3v) is 2.65. The predicted molar refractivity (Wildman–Crippen MR) is 45.8 cm³/mol. The minimum Gasteiger partial charge on any atom is -0.371 e. The van der Waals surface area contributed by atoms with Crippen molar-refractivity contribution in [3.63, 3.8) is 0 Å². The lowest BCUT2D eigenvalue weighted by atomic mass is 10.4. The maximum Gasteiger partial charge on any atom is 0.0474 e. The highest BCUT2D eigenvalue weighted by Gasteiger charge is 2.11. The van der Waals surface area contributed by atoms with Gasteiger partial charge in [-0.25, -0.2) is 0 Å². The van der Waals surface area contributed by atoms with E-state index in [0.29, 0.717) is 0 Å². The second kappa shape index (κ2) is 2.62. The normalized spacial score (nSPS) is 18.2. The molecule has 0 aliphatic carbocycles. The molecule has 0 amide bonds. The van der Waals surface area contributed by atoms with Crippen LogP contribution in [0.25, 0.3) is 0 Å². The molecule has 1 fully saturated rings. The van der Waals surface area contributed by atoms with Gasteiger partial charge >= 0.3 is 0 Å². The van der Waals surface area contributed by atoms with Crippen molar-refractivity contribution in [3.05, 3.63) is 16.8 Å². The zero-order valence-corrected chi connectivity index (χ0v) is 6.73. The maximum absolute atomic E-state index is 2.45. The van der Waals surface area contributed by atoms with Gasteiger partial charge in [0, 0.05) is 24.2 Å². The van der Waals surface area contributed by atoms with Crippen molar-refractivity contribution in [3.8, 4) is 0 Å². The first-order valence-corrected chi connectivity index (χ1v) is 4.68. The van der Waals surface area contributed by atoms with Crippen LogP contribution in [0.3, 0.4) is 0 Å². The number of thiophene rings is 1. The lowest BCUT2D eigenvalue weighted by Gasteiger charge is -2.14. The quantitative estimate of drug-likeness (QED) is 0.598. The van der Waals surface area contributed by atoms with Crippen LogP contribution in [0.1, 0.15) is 12.8 Å². The first kappa shape index (κ1) is 6.23. The van der Waals surface area contributed by atoms with Gasteiger partial charge in [0.2, 0.25) is 0 Å². The van der Waals surface area contributed by atoms with Crippen molar-refractivity contribution in [1.29, 1.82) is 0 Å². The van der Waals surface area contributed by atoms with E-state index in [4.69, 9.17) is 0 Å². The lowest BCUT2D eigenvalue weighted by molar-refractivity contribution is 0.949. The summed E-state index contributed by atoms with van der Waals surface area (Å²) in [6.45, 7) is 2.52. The zero-order chi connectivity index (χ0) is 6.81. The van der Waals surface area contributed by atoms with Crippen LogP contribution in [-0.2, 0) is 0 Å². The first-order valence-electron chi connectivity index (χ1n) is 3.74. The van der Waals surface area contributed by atoms with E-state index in [1.165, 1.54) is 31.6 Å². The van der Waals surface area contributed by atoms with Crippen molar-refractivity contribution in [2.24, 2.45) is 0 Å². The summed E-state index contributed by atoms with van der Waals surface area (Å²) >= 11 is 1.78. The fraction of sp³-hybridized carbons (Fsp3) is 0.500. The van der Waals surface area contributed by atoms with Gasteiger partial charge in [0.05, 0.1) is 0 Å². The topological polar surface area (TPSA) is 3.24 Å². The van der Waals surface area contributed by atoms with Gasteiger partial charge < -0.3 is 4.90 Å². The van der Waals surface area contributed by atoms with Gasteiger partial charge in [-0.15, -0.1) is 0 Å². The monoisotopic (exact) mass is 153 g/mol. The molecule has 0 spiro atoms. The number of anilines is 1. The molecule has 2 rings (SSSR count). The zero-order valence-electron chi connectivity index (χ0n) is 5.92. The number of rotatable bonds is 1. The molecule has 1 nitrogen and oxygen atoms in total. The van der Waals surface area contributed by atoms with E-state index in [9.17, 15) is 0 Å². The maximum atomic E-state index is 2.45. The largest absolute Gasteiger partial charge is 0.371 e. The van der Waals surface area contributed by atoms with Crippen LogP contribution in [0.15, 0.2) is 16.8 Å². The Morgan fingerprint density at radius 1 is 1.30 bits per heavy atom. The summed E-state index contributed by atoms with van der Waals surface area (Å²) in [4.78, 5) is 2.45. The molecule has 54 valence electrons. The van der Waals surface area contributed by atoms with Gasteiger partial charge in [0.1, 0.15) is 0 Å². The molecule has 1 aliphatic heterocycles. The minimum absolute atomic E-state index is 1.26. The summed E-state index contributed by atoms with van der Waals surface area (Å²) < 4.78 is 0. The van der Waals surface area contributed by atoms with Gasteiger partial charge in [0.15, 0.2) is 0 Å².